The molecule has 0 spiro atoms. The number of hydrogen-bond acceptors (Lipinski definition) is 3. The Balaban J connectivity index is 1.85. The maximum Gasteiger partial charge on any atom is 0.0564 e. The molecule has 1 aliphatic heterocycles. The van der Waals surface area contributed by atoms with Crippen LogP contribution in [0.1, 0.15) is 49.8 Å². The van der Waals surface area contributed by atoms with Crippen LogP contribution in [0.15, 0.2) is 17.5 Å². The van der Waals surface area contributed by atoms with Crippen molar-refractivity contribution < 1.29 is 5.11 Å². The van der Waals surface area contributed by atoms with Gasteiger partial charge in [0.2, 0.25) is 0 Å². The third-order valence-corrected chi connectivity index (χ3v) is 5.79. The number of thiophene rings is 1. The first-order chi connectivity index (χ1) is 8.81. The van der Waals surface area contributed by atoms with Gasteiger partial charge in [0.15, 0.2) is 0 Å². The van der Waals surface area contributed by atoms with Crippen molar-refractivity contribution in [3.8, 4) is 0 Å². The Kier molecular flexibility index (Phi) is 3.73. The van der Waals surface area contributed by atoms with Crippen molar-refractivity contribution in [1.82, 2.24) is 4.90 Å². The van der Waals surface area contributed by atoms with Gasteiger partial charge in [0.1, 0.15) is 0 Å². The standard InChI is InChI=1S/C15H23NOS/c17-13-6-10-16(11-7-13)15(8-2-1-3-9-15)14-5-4-12-18-14/h4-5,12-13,17H,1-3,6-11H2. The van der Waals surface area contributed by atoms with Gasteiger partial charge < -0.3 is 5.11 Å². The molecule has 1 aromatic rings. The second kappa shape index (κ2) is 5.32. The molecule has 1 aliphatic carbocycles. The van der Waals surface area contributed by atoms with Crippen LogP contribution in [0.2, 0.25) is 0 Å². The van der Waals surface area contributed by atoms with E-state index in [2.05, 4.69) is 22.4 Å². The average molecular weight is 265 g/mol. The Morgan fingerprint density at radius 2 is 1.89 bits per heavy atom. The van der Waals surface area contributed by atoms with Crippen molar-refractivity contribution in [3.05, 3.63) is 22.4 Å². The van der Waals surface area contributed by atoms with E-state index in [1.807, 2.05) is 11.3 Å². The summed E-state index contributed by atoms with van der Waals surface area (Å²) in [5.41, 5.74) is 0.298. The quantitative estimate of drug-likeness (QED) is 0.886. The highest BCUT2D eigenvalue weighted by atomic mass is 32.1. The molecule has 1 saturated heterocycles. The molecule has 2 nitrogen and oxygen atoms in total. The summed E-state index contributed by atoms with van der Waals surface area (Å²) < 4.78 is 0. The highest BCUT2D eigenvalue weighted by Gasteiger charge is 2.41. The predicted octanol–water partition coefficient (Wildman–Crippen LogP) is 3.36. The molecule has 3 heteroatoms. The van der Waals surface area contributed by atoms with Crippen molar-refractivity contribution >= 4 is 11.3 Å². The fourth-order valence-corrected chi connectivity index (χ4v) is 4.71. The summed E-state index contributed by atoms with van der Waals surface area (Å²) in [6.07, 6.45) is 8.57. The number of hydrogen-bond donors (Lipinski definition) is 1. The van der Waals surface area contributed by atoms with E-state index in [1.165, 1.54) is 32.1 Å². The first kappa shape index (κ1) is 12.6. The lowest BCUT2D eigenvalue weighted by molar-refractivity contribution is -0.00581. The van der Waals surface area contributed by atoms with Gasteiger partial charge >= 0.3 is 0 Å². The number of aliphatic hydroxyl groups is 1. The van der Waals surface area contributed by atoms with Crippen molar-refractivity contribution in [1.29, 1.82) is 0 Å². The number of piperidine rings is 1. The lowest BCUT2D eigenvalue weighted by atomic mass is 9.78. The molecular formula is C15H23NOS. The number of nitrogens with zero attached hydrogens (tertiary/aromatic N) is 1. The molecule has 3 rings (SSSR count). The molecule has 2 heterocycles. The minimum Gasteiger partial charge on any atom is -0.393 e. The fraction of sp³-hybridized carbons (Fsp3) is 0.733. The Morgan fingerprint density at radius 3 is 2.50 bits per heavy atom. The van der Waals surface area contributed by atoms with Crippen LogP contribution in [-0.4, -0.2) is 29.2 Å². The van der Waals surface area contributed by atoms with E-state index in [1.54, 1.807) is 4.88 Å². The molecule has 1 N–H and O–H groups in total. The summed E-state index contributed by atoms with van der Waals surface area (Å²) in [6, 6.07) is 4.51. The third kappa shape index (κ3) is 2.24. The summed E-state index contributed by atoms with van der Waals surface area (Å²) in [5.74, 6) is 0. The third-order valence-electron chi connectivity index (χ3n) is 4.73. The molecule has 0 amide bonds. The first-order valence-electron chi connectivity index (χ1n) is 7.28. The summed E-state index contributed by atoms with van der Waals surface area (Å²) in [6.45, 7) is 2.14. The van der Waals surface area contributed by atoms with Crippen molar-refractivity contribution in [3.63, 3.8) is 0 Å². The average Bonchev–Trinajstić information content (AvgIpc) is 2.95. The van der Waals surface area contributed by atoms with Crippen molar-refractivity contribution in [2.24, 2.45) is 0 Å². The summed E-state index contributed by atoms with van der Waals surface area (Å²) in [4.78, 5) is 4.23. The van der Waals surface area contributed by atoms with Crippen LogP contribution in [-0.2, 0) is 5.54 Å². The topological polar surface area (TPSA) is 23.5 Å². The Hall–Kier alpha value is -0.380. The van der Waals surface area contributed by atoms with Crippen LogP contribution in [0.5, 0.6) is 0 Å². The molecule has 2 fully saturated rings. The van der Waals surface area contributed by atoms with Gasteiger partial charge in [-0.2, -0.15) is 0 Å². The second-order valence-corrected chi connectivity index (χ2v) is 6.74. The lowest BCUT2D eigenvalue weighted by Gasteiger charge is -2.48. The second-order valence-electron chi connectivity index (χ2n) is 5.79. The first-order valence-corrected chi connectivity index (χ1v) is 8.16. The van der Waals surface area contributed by atoms with E-state index in [0.717, 1.165) is 25.9 Å². The smallest absolute Gasteiger partial charge is 0.0564 e. The zero-order valence-electron chi connectivity index (χ0n) is 11.0. The molecule has 1 saturated carbocycles. The molecule has 0 atom stereocenters. The molecule has 18 heavy (non-hydrogen) atoms. The van der Waals surface area contributed by atoms with E-state index in [9.17, 15) is 5.11 Å². The molecule has 100 valence electrons. The van der Waals surface area contributed by atoms with Gasteiger partial charge in [0.25, 0.3) is 0 Å². The molecular weight excluding hydrogens is 242 g/mol. The van der Waals surface area contributed by atoms with Gasteiger partial charge in [0, 0.05) is 18.0 Å². The van der Waals surface area contributed by atoms with E-state index < -0.39 is 0 Å². The molecule has 0 aromatic carbocycles. The zero-order chi connectivity index (χ0) is 12.4. The summed E-state index contributed by atoms with van der Waals surface area (Å²) in [7, 11) is 0. The maximum absolute atomic E-state index is 9.72. The number of rotatable bonds is 2. The van der Waals surface area contributed by atoms with Crippen LogP contribution in [0.25, 0.3) is 0 Å². The van der Waals surface area contributed by atoms with Crippen LogP contribution in [0, 0.1) is 0 Å². The van der Waals surface area contributed by atoms with Crippen LogP contribution in [0.4, 0.5) is 0 Å². The monoisotopic (exact) mass is 265 g/mol. The van der Waals surface area contributed by atoms with Gasteiger partial charge in [-0.1, -0.05) is 25.3 Å². The van der Waals surface area contributed by atoms with Gasteiger partial charge in [-0.05, 0) is 37.1 Å². The van der Waals surface area contributed by atoms with Gasteiger partial charge in [-0.3, -0.25) is 4.90 Å². The molecule has 0 bridgehead atoms. The Labute approximate surface area is 114 Å². The van der Waals surface area contributed by atoms with Crippen LogP contribution >= 0.6 is 11.3 Å². The van der Waals surface area contributed by atoms with E-state index in [4.69, 9.17) is 0 Å². The molecule has 1 aromatic heterocycles. The summed E-state index contributed by atoms with van der Waals surface area (Å²) in [5, 5.41) is 11.9. The Morgan fingerprint density at radius 1 is 1.17 bits per heavy atom. The van der Waals surface area contributed by atoms with E-state index >= 15 is 0 Å². The highest BCUT2D eigenvalue weighted by molar-refractivity contribution is 7.10. The largest absolute Gasteiger partial charge is 0.393 e. The fourth-order valence-electron chi connectivity index (χ4n) is 3.69. The highest BCUT2D eigenvalue weighted by Crippen LogP contribution is 2.45. The van der Waals surface area contributed by atoms with Gasteiger partial charge in [-0.25, -0.2) is 0 Å². The number of likely N-dealkylation sites (tertiary alicyclic amines) is 1. The van der Waals surface area contributed by atoms with E-state index in [-0.39, 0.29) is 6.10 Å². The minimum absolute atomic E-state index is 0.0646. The zero-order valence-corrected chi connectivity index (χ0v) is 11.8. The predicted molar refractivity (Wildman–Crippen MR) is 75.9 cm³/mol. The SMILES string of the molecule is OC1CCN(C2(c3cccs3)CCCCC2)CC1. The van der Waals surface area contributed by atoms with Crippen LogP contribution < -0.4 is 0 Å². The molecule has 0 radical (unpaired) electrons. The maximum atomic E-state index is 9.72. The number of aliphatic hydroxyl groups excluding tert-OH is 1. The van der Waals surface area contributed by atoms with Gasteiger partial charge in [0.05, 0.1) is 11.6 Å². The lowest BCUT2D eigenvalue weighted by Crippen LogP contribution is -2.51. The van der Waals surface area contributed by atoms with Crippen molar-refractivity contribution in [2.75, 3.05) is 13.1 Å². The van der Waals surface area contributed by atoms with E-state index in [0.29, 0.717) is 5.54 Å². The normalized spacial score (nSPS) is 26.3. The van der Waals surface area contributed by atoms with Crippen LogP contribution in [0.3, 0.4) is 0 Å². The van der Waals surface area contributed by atoms with Gasteiger partial charge in [-0.15, -0.1) is 11.3 Å². The van der Waals surface area contributed by atoms with Crippen molar-refractivity contribution in [2.45, 2.75) is 56.6 Å². The molecule has 0 unspecified atom stereocenters. The molecule has 2 aliphatic rings. The minimum atomic E-state index is -0.0646. The summed E-state index contributed by atoms with van der Waals surface area (Å²) >= 11 is 1.92. The Bertz CT molecular complexity index is 362.